The lowest BCUT2D eigenvalue weighted by atomic mass is 10.1. The van der Waals surface area contributed by atoms with Crippen LogP contribution in [0.4, 0.5) is 10.2 Å². The number of halogens is 1. The topological polar surface area (TPSA) is 67.4 Å². The molecule has 0 saturated carbocycles. The smallest absolute Gasteiger partial charge is 0.227 e. The van der Waals surface area contributed by atoms with Crippen LogP contribution in [0.2, 0.25) is 0 Å². The largest absolute Gasteiger partial charge is 0.377 e. The second kappa shape index (κ2) is 7.57. The predicted octanol–water partition coefficient (Wildman–Crippen LogP) is 2.11. The van der Waals surface area contributed by atoms with Crippen LogP contribution in [-0.2, 0) is 16.0 Å². The first kappa shape index (κ1) is 17.3. The number of benzene rings is 1. The summed E-state index contributed by atoms with van der Waals surface area (Å²) >= 11 is 0. The molecule has 0 unspecified atom stereocenters. The molecule has 1 atom stereocenters. The maximum atomic E-state index is 13.9. The molecule has 2 heterocycles. The number of amides is 1. The highest BCUT2D eigenvalue weighted by atomic mass is 19.1. The summed E-state index contributed by atoms with van der Waals surface area (Å²) in [5.41, 5.74) is 1.19. The molecular weight excluding hydrogens is 323 g/mol. The molecule has 1 aromatic heterocycles. The summed E-state index contributed by atoms with van der Waals surface area (Å²) in [6.07, 6.45) is 0.00781. The SMILES string of the molecule is CNc1cc(C)nc([C@@H]2COCCN2C(=O)Cc2ccccc2F)n1. The second-order valence-electron chi connectivity index (χ2n) is 5.95. The van der Waals surface area contributed by atoms with Gasteiger partial charge in [0.15, 0.2) is 5.82 Å². The Labute approximate surface area is 146 Å². The monoisotopic (exact) mass is 344 g/mol. The molecule has 1 aliphatic rings. The highest BCUT2D eigenvalue weighted by Gasteiger charge is 2.31. The van der Waals surface area contributed by atoms with Gasteiger partial charge in [-0.3, -0.25) is 4.79 Å². The van der Waals surface area contributed by atoms with Gasteiger partial charge in [0, 0.05) is 25.4 Å². The van der Waals surface area contributed by atoms with Gasteiger partial charge >= 0.3 is 0 Å². The van der Waals surface area contributed by atoms with Gasteiger partial charge in [0.05, 0.1) is 19.6 Å². The van der Waals surface area contributed by atoms with Crippen molar-refractivity contribution in [2.24, 2.45) is 0 Å². The molecule has 1 N–H and O–H groups in total. The third-order valence-corrected chi connectivity index (χ3v) is 4.17. The first-order valence-corrected chi connectivity index (χ1v) is 8.22. The Bertz CT molecular complexity index is 768. The van der Waals surface area contributed by atoms with E-state index >= 15 is 0 Å². The standard InChI is InChI=1S/C18H21FN4O2/c1-12-9-16(20-2)22-18(21-12)15-11-25-8-7-23(15)17(24)10-13-5-3-4-6-14(13)19/h3-6,9,15H,7-8,10-11H2,1-2H3,(H,20,21,22)/t15-/m0/s1. The number of hydrogen-bond acceptors (Lipinski definition) is 5. The molecule has 0 bridgehead atoms. The van der Waals surface area contributed by atoms with Crippen molar-refractivity contribution in [1.82, 2.24) is 14.9 Å². The number of carbonyl (C=O) groups excluding carboxylic acids is 1. The molecule has 1 aromatic carbocycles. The van der Waals surface area contributed by atoms with Crippen LogP contribution in [0, 0.1) is 12.7 Å². The molecule has 6 nitrogen and oxygen atoms in total. The number of ether oxygens (including phenoxy) is 1. The first-order valence-electron chi connectivity index (χ1n) is 8.22. The second-order valence-corrected chi connectivity index (χ2v) is 5.95. The number of anilines is 1. The first-order chi connectivity index (χ1) is 12.1. The molecule has 0 radical (unpaired) electrons. The Morgan fingerprint density at radius 3 is 2.96 bits per heavy atom. The number of nitrogens with zero attached hydrogens (tertiary/aromatic N) is 3. The zero-order chi connectivity index (χ0) is 17.8. The summed E-state index contributed by atoms with van der Waals surface area (Å²) in [7, 11) is 1.78. The predicted molar refractivity (Wildman–Crippen MR) is 91.7 cm³/mol. The van der Waals surface area contributed by atoms with E-state index in [0.717, 1.165) is 5.69 Å². The lowest BCUT2D eigenvalue weighted by Gasteiger charge is -2.35. The number of carbonyl (C=O) groups is 1. The average Bonchev–Trinajstić information content (AvgIpc) is 2.63. The lowest BCUT2D eigenvalue weighted by Crippen LogP contribution is -2.44. The molecule has 3 rings (SSSR count). The summed E-state index contributed by atoms with van der Waals surface area (Å²) < 4.78 is 19.4. The van der Waals surface area contributed by atoms with Crippen molar-refractivity contribution in [3.63, 3.8) is 0 Å². The highest BCUT2D eigenvalue weighted by molar-refractivity contribution is 5.79. The van der Waals surface area contributed by atoms with E-state index in [1.165, 1.54) is 6.07 Å². The average molecular weight is 344 g/mol. The molecule has 25 heavy (non-hydrogen) atoms. The fourth-order valence-corrected chi connectivity index (χ4v) is 2.89. The Morgan fingerprint density at radius 1 is 1.40 bits per heavy atom. The van der Waals surface area contributed by atoms with Crippen LogP contribution in [0.1, 0.15) is 23.1 Å². The number of aromatic nitrogens is 2. The molecule has 0 spiro atoms. The molecule has 1 fully saturated rings. The van der Waals surface area contributed by atoms with E-state index in [9.17, 15) is 9.18 Å². The number of aryl methyl sites for hydroxylation is 1. The van der Waals surface area contributed by atoms with Crippen LogP contribution in [0.3, 0.4) is 0 Å². The van der Waals surface area contributed by atoms with E-state index in [2.05, 4.69) is 15.3 Å². The van der Waals surface area contributed by atoms with Crippen molar-refractivity contribution >= 4 is 11.7 Å². The van der Waals surface area contributed by atoms with E-state index in [-0.39, 0.29) is 24.2 Å². The molecule has 132 valence electrons. The van der Waals surface area contributed by atoms with Gasteiger partial charge in [0.25, 0.3) is 0 Å². The summed E-state index contributed by atoms with van der Waals surface area (Å²) in [5, 5.41) is 2.99. The number of morpholine rings is 1. The summed E-state index contributed by atoms with van der Waals surface area (Å²) in [6.45, 7) is 3.09. The third kappa shape index (κ3) is 3.93. The molecule has 1 amide bonds. The fraction of sp³-hybridized carbons (Fsp3) is 0.389. The zero-order valence-electron chi connectivity index (χ0n) is 14.3. The minimum atomic E-state index is -0.375. The van der Waals surface area contributed by atoms with Crippen molar-refractivity contribution in [2.75, 3.05) is 32.1 Å². The Morgan fingerprint density at radius 2 is 2.20 bits per heavy atom. The van der Waals surface area contributed by atoms with Crippen molar-refractivity contribution in [3.05, 3.63) is 53.2 Å². The summed E-state index contributed by atoms with van der Waals surface area (Å²) in [4.78, 5) is 23.4. The van der Waals surface area contributed by atoms with Gasteiger partial charge in [0.2, 0.25) is 5.91 Å². The fourth-order valence-electron chi connectivity index (χ4n) is 2.89. The van der Waals surface area contributed by atoms with Gasteiger partial charge in [-0.05, 0) is 18.6 Å². The lowest BCUT2D eigenvalue weighted by molar-refractivity contribution is -0.139. The normalized spacial score (nSPS) is 17.4. The minimum absolute atomic E-state index is 0.00781. The van der Waals surface area contributed by atoms with E-state index in [1.807, 2.05) is 13.0 Å². The van der Waals surface area contributed by atoms with Gasteiger partial charge in [-0.25, -0.2) is 14.4 Å². The van der Waals surface area contributed by atoms with Crippen LogP contribution < -0.4 is 5.32 Å². The van der Waals surface area contributed by atoms with Crippen molar-refractivity contribution in [1.29, 1.82) is 0 Å². The van der Waals surface area contributed by atoms with Crippen molar-refractivity contribution in [2.45, 2.75) is 19.4 Å². The maximum Gasteiger partial charge on any atom is 0.227 e. The number of hydrogen-bond donors (Lipinski definition) is 1. The summed E-state index contributed by atoms with van der Waals surface area (Å²) in [6, 6.07) is 7.79. The van der Waals surface area contributed by atoms with E-state index < -0.39 is 0 Å². The Balaban J connectivity index is 1.84. The highest BCUT2D eigenvalue weighted by Crippen LogP contribution is 2.24. The Hall–Kier alpha value is -2.54. The van der Waals surface area contributed by atoms with Gasteiger partial charge in [-0.1, -0.05) is 18.2 Å². The maximum absolute atomic E-state index is 13.9. The molecule has 2 aromatic rings. The molecule has 1 aliphatic heterocycles. The molecule has 0 aliphatic carbocycles. The van der Waals surface area contributed by atoms with Gasteiger partial charge in [0.1, 0.15) is 17.7 Å². The van der Waals surface area contributed by atoms with Crippen molar-refractivity contribution < 1.29 is 13.9 Å². The minimum Gasteiger partial charge on any atom is -0.377 e. The number of nitrogens with one attached hydrogen (secondary N) is 1. The van der Waals surface area contributed by atoms with Crippen LogP contribution in [-0.4, -0.2) is 47.6 Å². The number of rotatable bonds is 4. The third-order valence-electron chi connectivity index (χ3n) is 4.17. The van der Waals surface area contributed by atoms with Crippen molar-refractivity contribution in [3.8, 4) is 0 Å². The quantitative estimate of drug-likeness (QED) is 0.920. The van der Waals surface area contributed by atoms with E-state index in [0.29, 0.717) is 37.0 Å². The van der Waals surface area contributed by atoms with E-state index in [1.54, 1.807) is 30.1 Å². The van der Waals surface area contributed by atoms with E-state index in [4.69, 9.17) is 4.74 Å². The van der Waals surface area contributed by atoms with Gasteiger partial charge < -0.3 is 15.0 Å². The molecular formula is C18H21FN4O2. The summed E-state index contributed by atoms with van der Waals surface area (Å²) in [5.74, 6) is 0.694. The van der Waals surface area contributed by atoms with Crippen LogP contribution in [0.25, 0.3) is 0 Å². The van der Waals surface area contributed by atoms with Crippen LogP contribution in [0.15, 0.2) is 30.3 Å². The van der Waals surface area contributed by atoms with Gasteiger partial charge in [-0.15, -0.1) is 0 Å². The Kier molecular flexibility index (Phi) is 5.23. The van der Waals surface area contributed by atoms with Gasteiger partial charge in [-0.2, -0.15) is 0 Å². The van der Waals surface area contributed by atoms with Crippen LogP contribution >= 0.6 is 0 Å². The zero-order valence-corrected chi connectivity index (χ0v) is 14.3. The molecule has 1 saturated heterocycles. The van der Waals surface area contributed by atoms with Crippen LogP contribution in [0.5, 0.6) is 0 Å². The molecule has 7 heteroatoms.